The summed E-state index contributed by atoms with van der Waals surface area (Å²) in [5.74, 6) is -0.209. The normalized spacial score (nSPS) is 10.4. The zero-order valence-corrected chi connectivity index (χ0v) is 16.9. The van der Waals surface area contributed by atoms with Gasteiger partial charge in [-0.2, -0.15) is 0 Å². The number of amides is 2. The highest BCUT2D eigenvalue weighted by Crippen LogP contribution is 2.18. The second-order valence-electron chi connectivity index (χ2n) is 6.83. The van der Waals surface area contributed by atoms with E-state index in [0.29, 0.717) is 36.3 Å². The van der Waals surface area contributed by atoms with Gasteiger partial charge in [0.2, 0.25) is 0 Å². The molecule has 2 amide bonds. The van der Waals surface area contributed by atoms with E-state index in [1.54, 1.807) is 29.2 Å². The second-order valence-corrected chi connectivity index (χ2v) is 6.83. The number of hydrogen-bond acceptors (Lipinski definition) is 2. The van der Waals surface area contributed by atoms with Gasteiger partial charge in [-0.15, -0.1) is 0 Å². The van der Waals surface area contributed by atoms with Gasteiger partial charge in [0.15, 0.2) is 0 Å². The highest BCUT2D eigenvalue weighted by Gasteiger charge is 2.15. The van der Waals surface area contributed by atoms with Gasteiger partial charge in [0.25, 0.3) is 11.8 Å². The molecule has 0 bridgehead atoms. The van der Waals surface area contributed by atoms with Crippen LogP contribution in [0, 0.1) is 0 Å². The van der Waals surface area contributed by atoms with Crippen molar-refractivity contribution in [1.29, 1.82) is 0 Å². The van der Waals surface area contributed by atoms with E-state index in [1.165, 1.54) is 0 Å². The quantitative estimate of drug-likeness (QED) is 0.620. The first-order valence-corrected chi connectivity index (χ1v) is 9.95. The molecular weight excluding hydrogens is 360 g/mol. The average Bonchev–Trinajstić information content (AvgIpc) is 2.76. The monoisotopic (exact) mass is 386 g/mol. The van der Waals surface area contributed by atoms with Gasteiger partial charge in [-0.25, -0.2) is 0 Å². The molecule has 4 heteroatoms. The third-order valence-corrected chi connectivity index (χ3v) is 4.92. The molecule has 0 unspecified atom stereocenters. The SMILES string of the molecule is CCN(CC)C(=O)c1cccc(NC(=O)c2ccccc2Cc2ccccc2)c1. The topological polar surface area (TPSA) is 49.4 Å². The molecular formula is C25H26N2O2. The Kier molecular flexibility index (Phi) is 6.80. The van der Waals surface area contributed by atoms with Crippen LogP contribution in [-0.4, -0.2) is 29.8 Å². The van der Waals surface area contributed by atoms with Gasteiger partial charge in [0.1, 0.15) is 0 Å². The van der Waals surface area contributed by atoms with Crippen LogP contribution >= 0.6 is 0 Å². The first-order chi connectivity index (χ1) is 14.1. The summed E-state index contributed by atoms with van der Waals surface area (Å²) in [5.41, 5.74) is 3.94. The van der Waals surface area contributed by atoms with E-state index in [1.807, 2.05) is 56.3 Å². The molecule has 0 fully saturated rings. The van der Waals surface area contributed by atoms with Crippen molar-refractivity contribution in [2.24, 2.45) is 0 Å². The summed E-state index contributed by atoms with van der Waals surface area (Å²) in [4.78, 5) is 27.3. The molecule has 0 heterocycles. The van der Waals surface area contributed by atoms with Crippen LogP contribution < -0.4 is 5.32 Å². The number of hydrogen-bond donors (Lipinski definition) is 1. The Balaban J connectivity index is 1.79. The molecule has 0 saturated heterocycles. The largest absolute Gasteiger partial charge is 0.339 e. The van der Waals surface area contributed by atoms with Crippen molar-refractivity contribution in [2.45, 2.75) is 20.3 Å². The molecule has 0 radical (unpaired) electrons. The Labute approximate surface area is 172 Å². The van der Waals surface area contributed by atoms with E-state index in [4.69, 9.17) is 0 Å². The molecule has 3 aromatic rings. The Morgan fingerprint density at radius 3 is 2.24 bits per heavy atom. The molecule has 1 N–H and O–H groups in total. The first kappa shape index (κ1) is 20.3. The lowest BCUT2D eigenvalue weighted by Gasteiger charge is -2.19. The highest BCUT2D eigenvalue weighted by molar-refractivity contribution is 6.06. The zero-order valence-electron chi connectivity index (χ0n) is 16.9. The van der Waals surface area contributed by atoms with Gasteiger partial charge >= 0.3 is 0 Å². The molecule has 0 aliphatic heterocycles. The Hall–Kier alpha value is -3.40. The molecule has 148 valence electrons. The maximum Gasteiger partial charge on any atom is 0.255 e. The minimum absolute atomic E-state index is 0.0319. The van der Waals surface area contributed by atoms with Gasteiger partial charge in [-0.1, -0.05) is 54.6 Å². The molecule has 4 nitrogen and oxygen atoms in total. The summed E-state index contributed by atoms with van der Waals surface area (Å²) >= 11 is 0. The number of nitrogens with one attached hydrogen (secondary N) is 1. The van der Waals surface area contributed by atoms with Crippen LogP contribution in [0.5, 0.6) is 0 Å². The first-order valence-electron chi connectivity index (χ1n) is 9.95. The number of nitrogens with zero attached hydrogens (tertiary/aromatic N) is 1. The van der Waals surface area contributed by atoms with Crippen LogP contribution in [0.2, 0.25) is 0 Å². The second kappa shape index (κ2) is 9.69. The predicted molar refractivity (Wildman–Crippen MR) is 117 cm³/mol. The molecule has 0 atom stereocenters. The Morgan fingerprint density at radius 1 is 0.828 bits per heavy atom. The number of rotatable bonds is 7. The summed E-state index contributed by atoms with van der Waals surface area (Å²) in [6, 6.07) is 24.8. The van der Waals surface area contributed by atoms with E-state index in [9.17, 15) is 9.59 Å². The van der Waals surface area contributed by atoms with Crippen LogP contribution in [0.4, 0.5) is 5.69 Å². The molecule has 0 saturated carbocycles. The van der Waals surface area contributed by atoms with Crippen molar-refractivity contribution >= 4 is 17.5 Å². The van der Waals surface area contributed by atoms with Gasteiger partial charge in [-0.05, 0) is 55.7 Å². The van der Waals surface area contributed by atoms with Crippen molar-refractivity contribution in [3.8, 4) is 0 Å². The van der Waals surface area contributed by atoms with E-state index in [0.717, 1.165) is 11.1 Å². The molecule has 3 rings (SSSR count). The molecule has 3 aromatic carbocycles. The van der Waals surface area contributed by atoms with Crippen LogP contribution in [0.3, 0.4) is 0 Å². The van der Waals surface area contributed by atoms with Gasteiger partial charge in [0, 0.05) is 29.9 Å². The number of benzene rings is 3. The zero-order chi connectivity index (χ0) is 20.6. The van der Waals surface area contributed by atoms with Crippen molar-refractivity contribution < 1.29 is 9.59 Å². The Morgan fingerprint density at radius 2 is 1.52 bits per heavy atom. The number of carbonyl (C=O) groups excluding carboxylic acids is 2. The van der Waals surface area contributed by atoms with Gasteiger partial charge in [-0.3, -0.25) is 9.59 Å². The van der Waals surface area contributed by atoms with Crippen molar-refractivity contribution in [3.05, 3.63) is 101 Å². The summed E-state index contributed by atoms with van der Waals surface area (Å²) in [6.07, 6.45) is 0.685. The Bertz CT molecular complexity index is 979. The number of anilines is 1. The fraction of sp³-hybridized carbons (Fsp3) is 0.200. The van der Waals surface area contributed by atoms with E-state index < -0.39 is 0 Å². The molecule has 0 spiro atoms. The van der Waals surface area contributed by atoms with E-state index in [2.05, 4.69) is 17.4 Å². The van der Waals surface area contributed by atoms with Crippen molar-refractivity contribution in [2.75, 3.05) is 18.4 Å². The minimum Gasteiger partial charge on any atom is -0.339 e. The van der Waals surface area contributed by atoms with Gasteiger partial charge in [0.05, 0.1) is 0 Å². The van der Waals surface area contributed by atoms with E-state index >= 15 is 0 Å². The summed E-state index contributed by atoms with van der Waals surface area (Å²) in [5, 5.41) is 2.94. The van der Waals surface area contributed by atoms with E-state index in [-0.39, 0.29) is 11.8 Å². The maximum absolute atomic E-state index is 12.9. The minimum atomic E-state index is -0.177. The lowest BCUT2D eigenvalue weighted by molar-refractivity contribution is 0.0772. The number of carbonyl (C=O) groups is 2. The molecule has 29 heavy (non-hydrogen) atoms. The third kappa shape index (κ3) is 5.11. The van der Waals surface area contributed by atoms with Crippen molar-refractivity contribution in [3.63, 3.8) is 0 Å². The standard InChI is InChI=1S/C25H26N2O2/c1-3-27(4-2)25(29)21-14-10-15-22(18-21)26-24(28)23-16-9-8-13-20(23)17-19-11-6-5-7-12-19/h5-16,18H,3-4,17H2,1-2H3,(H,26,28). The maximum atomic E-state index is 12.9. The summed E-state index contributed by atoms with van der Waals surface area (Å²) in [6.45, 7) is 5.21. The fourth-order valence-electron chi connectivity index (χ4n) is 3.33. The highest BCUT2D eigenvalue weighted by atomic mass is 16.2. The van der Waals surface area contributed by atoms with Crippen LogP contribution in [0.15, 0.2) is 78.9 Å². The van der Waals surface area contributed by atoms with Crippen LogP contribution in [-0.2, 0) is 6.42 Å². The lowest BCUT2D eigenvalue weighted by Crippen LogP contribution is -2.30. The summed E-state index contributed by atoms with van der Waals surface area (Å²) in [7, 11) is 0. The third-order valence-electron chi connectivity index (χ3n) is 4.92. The average molecular weight is 386 g/mol. The lowest BCUT2D eigenvalue weighted by atomic mass is 9.99. The van der Waals surface area contributed by atoms with Crippen LogP contribution in [0.25, 0.3) is 0 Å². The molecule has 0 aliphatic rings. The van der Waals surface area contributed by atoms with Gasteiger partial charge < -0.3 is 10.2 Å². The van der Waals surface area contributed by atoms with Crippen molar-refractivity contribution in [1.82, 2.24) is 4.90 Å². The summed E-state index contributed by atoms with van der Waals surface area (Å²) < 4.78 is 0. The molecule has 0 aromatic heterocycles. The fourth-order valence-corrected chi connectivity index (χ4v) is 3.33. The van der Waals surface area contributed by atoms with Crippen LogP contribution in [0.1, 0.15) is 45.7 Å². The molecule has 0 aliphatic carbocycles. The smallest absolute Gasteiger partial charge is 0.255 e. The predicted octanol–water partition coefficient (Wildman–Crippen LogP) is 5.01.